The average molecular weight is 285 g/mol. The molecule has 2 aromatic rings. The van der Waals surface area contributed by atoms with E-state index in [1.165, 1.54) is 24.3 Å². The van der Waals surface area contributed by atoms with Crippen LogP contribution in [0.4, 0.5) is 4.39 Å². The van der Waals surface area contributed by atoms with Crippen molar-refractivity contribution < 1.29 is 19.0 Å². The molecule has 0 atom stereocenters. The van der Waals surface area contributed by atoms with Gasteiger partial charge in [0.15, 0.2) is 0 Å². The van der Waals surface area contributed by atoms with Crippen molar-refractivity contribution in [1.29, 1.82) is 5.26 Å². The topological polar surface area (TPSA) is 70.3 Å². The van der Waals surface area contributed by atoms with Gasteiger partial charge in [0.05, 0.1) is 17.2 Å². The first kappa shape index (κ1) is 14.5. The van der Waals surface area contributed by atoms with E-state index < -0.39 is 11.8 Å². The number of halogens is 1. The van der Waals surface area contributed by atoms with Crippen molar-refractivity contribution in [3.8, 4) is 11.8 Å². The van der Waals surface area contributed by atoms with Crippen molar-refractivity contribution in [2.45, 2.75) is 13.5 Å². The van der Waals surface area contributed by atoms with Gasteiger partial charge in [0, 0.05) is 5.56 Å². The Morgan fingerprint density at radius 3 is 2.71 bits per heavy atom. The number of aryl methyl sites for hydroxylation is 1. The molecular formula is C16H12FNO3. The summed E-state index contributed by atoms with van der Waals surface area (Å²) in [5.41, 5.74) is 1.64. The third-order valence-corrected chi connectivity index (χ3v) is 3.00. The highest BCUT2D eigenvalue weighted by atomic mass is 19.1. The number of nitriles is 1. The van der Waals surface area contributed by atoms with Crippen LogP contribution in [0.15, 0.2) is 36.4 Å². The number of carbonyl (C=O) groups is 1. The minimum atomic E-state index is -1.00. The highest BCUT2D eigenvalue weighted by molar-refractivity contribution is 5.88. The zero-order valence-corrected chi connectivity index (χ0v) is 11.3. The lowest BCUT2D eigenvalue weighted by molar-refractivity contribution is 0.0696. The van der Waals surface area contributed by atoms with Crippen LogP contribution in [-0.2, 0) is 6.61 Å². The molecular weight excluding hydrogens is 273 g/mol. The van der Waals surface area contributed by atoms with E-state index >= 15 is 0 Å². The normalized spacial score (nSPS) is 9.95. The average Bonchev–Trinajstić information content (AvgIpc) is 2.46. The molecule has 0 aliphatic rings. The van der Waals surface area contributed by atoms with E-state index in [0.29, 0.717) is 16.9 Å². The Bertz CT molecular complexity index is 735. The molecule has 0 saturated carbocycles. The number of aromatic carboxylic acids is 1. The molecule has 0 heterocycles. The minimum Gasteiger partial charge on any atom is -0.489 e. The molecule has 0 aliphatic heterocycles. The Labute approximate surface area is 121 Å². The Morgan fingerprint density at radius 2 is 2.10 bits per heavy atom. The summed E-state index contributed by atoms with van der Waals surface area (Å²) < 4.78 is 18.6. The molecule has 2 aromatic carbocycles. The van der Waals surface area contributed by atoms with E-state index in [0.717, 1.165) is 6.07 Å². The molecule has 21 heavy (non-hydrogen) atoms. The van der Waals surface area contributed by atoms with Crippen LogP contribution < -0.4 is 4.74 Å². The van der Waals surface area contributed by atoms with Gasteiger partial charge in [-0.25, -0.2) is 9.18 Å². The van der Waals surface area contributed by atoms with Crippen molar-refractivity contribution in [2.24, 2.45) is 0 Å². The molecule has 0 fully saturated rings. The van der Waals surface area contributed by atoms with E-state index in [1.54, 1.807) is 13.0 Å². The first-order valence-corrected chi connectivity index (χ1v) is 6.16. The number of ether oxygens (including phenoxy) is 1. The molecule has 0 spiro atoms. The third kappa shape index (κ3) is 3.37. The van der Waals surface area contributed by atoms with Crippen LogP contribution in [0.5, 0.6) is 5.75 Å². The molecule has 0 amide bonds. The standard InChI is InChI=1S/C16H12FNO3/c1-10-6-11(16(19)20)3-5-15(10)21-9-12-2-4-14(17)7-13(12)8-18/h2-7H,9H2,1H3,(H,19,20). The van der Waals surface area contributed by atoms with Gasteiger partial charge in [0.2, 0.25) is 0 Å². The lowest BCUT2D eigenvalue weighted by atomic mass is 10.1. The van der Waals surface area contributed by atoms with Gasteiger partial charge in [-0.3, -0.25) is 0 Å². The molecule has 106 valence electrons. The van der Waals surface area contributed by atoms with Crippen molar-refractivity contribution in [1.82, 2.24) is 0 Å². The van der Waals surface area contributed by atoms with Gasteiger partial charge in [-0.2, -0.15) is 5.26 Å². The third-order valence-electron chi connectivity index (χ3n) is 3.00. The van der Waals surface area contributed by atoms with Crippen molar-refractivity contribution in [3.05, 3.63) is 64.5 Å². The monoisotopic (exact) mass is 285 g/mol. The second-order valence-corrected chi connectivity index (χ2v) is 4.49. The molecule has 0 saturated heterocycles. The van der Waals surface area contributed by atoms with Gasteiger partial charge >= 0.3 is 5.97 Å². The highest BCUT2D eigenvalue weighted by Gasteiger charge is 2.08. The number of rotatable bonds is 4. The van der Waals surface area contributed by atoms with Crippen LogP contribution in [0.2, 0.25) is 0 Å². The quantitative estimate of drug-likeness (QED) is 0.935. The summed E-state index contributed by atoms with van der Waals surface area (Å²) in [6, 6.07) is 10.3. The Hall–Kier alpha value is -2.87. The Kier molecular flexibility index (Phi) is 4.19. The predicted octanol–water partition coefficient (Wildman–Crippen LogP) is 3.28. The fourth-order valence-corrected chi connectivity index (χ4v) is 1.88. The van der Waals surface area contributed by atoms with E-state index in [9.17, 15) is 9.18 Å². The number of nitrogens with zero attached hydrogens (tertiary/aromatic N) is 1. The Balaban J connectivity index is 2.17. The number of hydrogen-bond acceptors (Lipinski definition) is 3. The summed E-state index contributed by atoms with van der Waals surface area (Å²) in [7, 11) is 0. The maximum Gasteiger partial charge on any atom is 0.335 e. The van der Waals surface area contributed by atoms with Gasteiger partial charge in [-0.1, -0.05) is 6.07 Å². The highest BCUT2D eigenvalue weighted by Crippen LogP contribution is 2.21. The molecule has 0 radical (unpaired) electrons. The summed E-state index contributed by atoms with van der Waals surface area (Å²) in [5.74, 6) is -0.958. The van der Waals surface area contributed by atoms with E-state index in [2.05, 4.69) is 0 Å². The van der Waals surface area contributed by atoms with Gasteiger partial charge < -0.3 is 9.84 Å². The van der Waals surface area contributed by atoms with Crippen LogP contribution >= 0.6 is 0 Å². The smallest absolute Gasteiger partial charge is 0.335 e. The molecule has 0 unspecified atom stereocenters. The zero-order valence-electron chi connectivity index (χ0n) is 11.3. The Morgan fingerprint density at radius 1 is 1.33 bits per heavy atom. The van der Waals surface area contributed by atoms with Crippen molar-refractivity contribution in [3.63, 3.8) is 0 Å². The van der Waals surface area contributed by atoms with Gasteiger partial charge in [0.25, 0.3) is 0 Å². The lowest BCUT2D eigenvalue weighted by Crippen LogP contribution is -2.02. The second-order valence-electron chi connectivity index (χ2n) is 4.49. The van der Waals surface area contributed by atoms with Gasteiger partial charge in [-0.15, -0.1) is 0 Å². The largest absolute Gasteiger partial charge is 0.489 e. The molecule has 2 rings (SSSR count). The zero-order chi connectivity index (χ0) is 15.4. The maximum absolute atomic E-state index is 13.0. The van der Waals surface area contributed by atoms with E-state index in [4.69, 9.17) is 15.1 Å². The fraction of sp³-hybridized carbons (Fsp3) is 0.125. The molecule has 5 heteroatoms. The molecule has 4 nitrogen and oxygen atoms in total. The maximum atomic E-state index is 13.0. The van der Waals surface area contributed by atoms with Crippen molar-refractivity contribution >= 4 is 5.97 Å². The SMILES string of the molecule is Cc1cc(C(=O)O)ccc1OCc1ccc(F)cc1C#N. The number of carboxylic acid groups (broad SMARTS) is 1. The molecule has 0 aliphatic carbocycles. The first-order chi connectivity index (χ1) is 10.0. The summed E-state index contributed by atoms with van der Waals surface area (Å²) >= 11 is 0. The fourth-order valence-electron chi connectivity index (χ4n) is 1.88. The van der Waals surface area contributed by atoms with E-state index in [1.807, 2.05) is 6.07 Å². The lowest BCUT2D eigenvalue weighted by Gasteiger charge is -2.10. The summed E-state index contributed by atoms with van der Waals surface area (Å²) in [4.78, 5) is 10.8. The van der Waals surface area contributed by atoms with Crippen LogP contribution in [-0.4, -0.2) is 11.1 Å². The van der Waals surface area contributed by atoms with Crippen LogP contribution in [0.25, 0.3) is 0 Å². The number of carboxylic acids is 1. The summed E-state index contributed by atoms with van der Waals surface area (Å²) in [6.07, 6.45) is 0. The van der Waals surface area contributed by atoms with Crippen LogP contribution in [0.1, 0.15) is 27.0 Å². The van der Waals surface area contributed by atoms with Gasteiger partial charge in [0.1, 0.15) is 18.2 Å². The predicted molar refractivity (Wildman–Crippen MR) is 73.6 cm³/mol. The molecule has 0 aromatic heterocycles. The number of benzene rings is 2. The van der Waals surface area contributed by atoms with Crippen LogP contribution in [0.3, 0.4) is 0 Å². The van der Waals surface area contributed by atoms with Gasteiger partial charge in [-0.05, 0) is 42.8 Å². The molecule has 1 N–H and O–H groups in total. The van der Waals surface area contributed by atoms with E-state index in [-0.39, 0.29) is 17.7 Å². The summed E-state index contributed by atoms with van der Waals surface area (Å²) in [6.45, 7) is 1.84. The van der Waals surface area contributed by atoms with Crippen molar-refractivity contribution in [2.75, 3.05) is 0 Å². The van der Waals surface area contributed by atoms with Crippen LogP contribution in [0, 0.1) is 24.1 Å². The summed E-state index contributed by atoms with van der Waals surface area (Å²) in [5, 5.41) is 17.8. The first-order valence-electron chi connectivity index (χ1n) is 6.16. The second kappa shape index (κ2) is 6.06. The number of hydrogen-bond donors (Lipinski definition) is 1. The minimum absolute atomic E-state index is 0.108. The molecule has 0 bridgehead atoms.